The van der Waals surface area contributed by atoms with E-state index in [1.54, 1.807) is 25.2 Å². The fourth-order valence-electron chi connectivity index (χ4n) is 5.09. The molecule has 0 fully saturated rings. The molecule has 0 bridgehead atoms. The predicted molar refractivity (Wildman–Crippen MR) is 162 cm³/mol. The van der Waals surface area contributed by atoms with Crippen molar-refractivity contribution in [3.63, 3.8) is 0 Å². The summed E-state index contributed by atoms with van der Waals surface area (Å²) in [5.74, 6) is -1.72. The van der Waals surface area contributed by atoms with Crippen LogP contribution in [0.5, 0.6) is 5.88 Å². The largest absolute Gasteiger partial charge is 0.494 e. The van der Waals surface area contributed by atoms with Crippen LogP contribution in [0.1, 0.15) is 37.4 Å². The number of hydrogen-bond acceptors (Lipinski definition) is 7. The number of carbonyl (C=O) groups is 2. The van der Waals surface area contributed by atoms with Gasteiger partial charge in [0.1, 0.15) is 5.82 Å². The summed E-state index contributed by atoms with van der Waals surface area (Å²) < 4.78 is 2.44. The molecule has 13 heteroatoms. The van der Waals surface area contributed by atoms with E-state index in [1.165, 1.54) is 53.2 Å². The van der Waals surface area contributed by atoms with E-state index in [1.807, 2.05) is 0 Å². The van der Waals surface area contributed by atoms with Crippen molar-refractivity contribution in [3.05, 3.63) is 121 Å². The highest BCUT2D eigenvalue weighted by Gasteiger charge is 2.25. The number of H-pyrrole nitrogens is 2. The lowest BCUT2D eigenvalue weighted by atomic mass is 9.97. The fourth-order valence-corrected chi connectivity index (χ4v) is 5.09. The number of allylic oxidation sites excluding steroid dienone is 2. The molecule has 0 radical (unpaired) electrons. The van der Waals surface area contributed by atoms with Crippen LogP contribution in [0.3, 0.4) is 0 Å². The van der Waals surface area contributed by atoms with Crippen LogP contribution in [-0.2, 0) is 0 Å². The molecular weight excluding hydrogens is 568 g/mol. The van der Waals surface area contributed by atoms with E-state index in [0.717, 1.165) is 4.68 Å². The monoisotopic (exact) mass is 592 g/mol. The molecule has 220 valence electrons. The van der Waals surface area contributed by atoms with Crippen LogP contribution in [0, 0.1) is 6.92 Å². The number of benzene rings is 2. The number of carboxylic acids is 2. The van der Waals surface area contributed by atoms with E-state index >= 15 is 0 Å². The van der Waals surface area contributed by atoms with Crippen LogP contribution in [0.25, 0.3) is 34.4 Å². The van der Waals surface area contributed by atoms with E-state index in [9.17, 15) is 24.3 Å². The molecule has 0 atom stereocenters. The molecule has 44 heavy (non-hydrogen) atoms. The van der Waals surface area contributed by atoms with Gasteiger partial charge in [-0.05, 0) is 78.2 Å². The van der Waals surface area contributed by atoms with Crippen LogP contribution < -0.4 is 16.4 Å². The van der Waals surface area contributed by atoms with Gasteiger partial charge in [-0.15, -0.1) is 5.10 Å². The maximum atomic E-state index is 13.3. The second-order valence-electron chi connectivity index (χ2n) is 10.0. The zero-order valence-corrected chi connectivity index (χ0v) is 23.1. The molecule has 0 unspecified atom stereocenters. The summed E-state index contributed by atoms with van der Waals surface area (Å²) in [6.07, 6.45) is 5.03. The molecule has 6 rings (SSSR count). The number of nitrogens with zero attached hydrogens (tertiary/aromatic N) is 3. The Bertz CT molecular complexity index is 2140. The highest BCUT2D eigenvalue weighted by molar-refractivity contribution is 5.89. The number of nitrogens with one attached hydrogen (secondary N) is 3. The Hall–Kier alpha value is -6.37. The van der Waals surface area contributed by atoms with E-state index in [0.29, 0.717) is 51.6 Å². The topological polar surface area (TPSA) is 195 Å². The van der Waals surface area contributed by atoms with Gasteiger partial charge in [-0.2, -0.15) is 4.68 Å². The molecule has 0 spiro atoms. The highest BCUT2D eigenvalue weighted by Crippen LogP contribution is 2.32. The summed E-state index contributed by atoms with van der Waals surface area (Å²) in [6.45, 7) is 6.14. The van der Waals surface area contributed by atoms with Crippen molar-refractivity contribution in [2.24, 2.45) is 0 Å². The third-order valence-corrected chi connectivity index (χ3v) is 7.44. The minimum Gasteiger partial charge on any atom is -0.494 e. The third-order valence-electron chi connectivity index (χ3n) is 7.44. The normalized spacial score (nSPS) is 13.8. The Morgan fingerprint density at radius 2 is 1.55 bits per heavy atom. The first-order valence-corrected chi connectivity index (χ1v) is 13.2. The minimum atomic E-state index is -1.09. The van der Waals surface area contributed by atoms with E-state index in [4.69, 9.17) is 10.2 Å². The first-order chi connectivity index (χ1) is 21.0. The number of pyridine rings is 1. The molecule has 13 nitrogen and oxygen atoms in total. The number of rotatable bonds is 6. The summed E-state index contributed by atoms with van der Waals surface area (Å²) in [5, 5.41) is 39.4. The zero-order chi connectivity index (χ0) is 31.3. The fraction of sp³-hybridized carbons (Fsp3) is 0.0645. The second-order valence-corrected chi connectivity index (χ2v) is 10.0. The summed E-state index contributed by atoms with van der Waals surface area (Å²) >= 11 is 0. The van der Waals surface area contributed by atoms with Gasteiger partial charge in [-0.3, -0.25) is 14.7 Å². The smallest absolute Gasteiger partial charge is 0.335 e. The summed E-state index contributed by atoms with van der Waals surface area (Å²) in [4.78, 5) is 51.6. The molecule has 3 aliphatic rings. The van der Waals surface area contributed by atoms with Crippen LogP contribution >= 0.6 is 0 Å². The molecule has 4 heterocycles. The van der Waals surface area contributed by atoms with E-state index < -0.39 is 17.5 Å². The molecule has 1 aromatic heterocycles. The summed E-state index contributed by atoms with van der Waals surface area (Å²) in [6, 6.07) is 11.6. The maximum Gasteiger partial charge on any atom is 0.335 e. The predicted octanol–water partition coefficient (Wildman–Crippen LogP) is 3.63. The number of carboxylic acid groups (broad SMARTS) is 2. The lowest BCUT2D eigenvalue weighted by Crippen LogP contribution is -2.20. The van der Waals surface area contributed by atoms with Gasteiger partial charge in [0.05, 0.1) is 33.6 Å². The molecule has 3 aromatic rings. The third kappa shape index (κ3) is 4.58. The van der Waals surface area contributed by atoms with Crippen molar-refractivity contribution in [3.8, 4) is 28.6 Å². The lowest BCUT2D eigenvalue weighted by molar-refractivity contribution is 0.0686. The Morgan fingerprint density at radius 1 is 0.932 bits per heavy atom. The first kappa shape index (κ1) is 27.8. The molecule has 0 amide bonds. The lowest BCUT2D eigenvalue weighted by Gasteiger charge is -2.17. The first-order valence-electron chi connectivity index (χ1n) is 13.2. The van der Waals surface area contributed by atoms with Crippen molar-refractivity contribution in [1.82, 2.24) is 24.5 Å². The van der Waals surface area contributed by atoms with Gasteiger partial charge in [0.15, 0.2) is 11.7 Å². The van der Waals surface area contributed by atoms with E-state index in [-0.39, 0.29) is 34.0 Å². The molecule has 0 aliphatic carbocycles. The summed E-state index contributed by atoms with van der Waals surface area (Å²) in [7, 11) is 0. The number of fused-ring (bicyclic) bond motifs is 2. The number of anilines is 1. The number of hydrogen-bond donors (Lipinski definition) is 6. The number of aromatic nitrogens is 5. The summed E-state index contributed by atoms with van der Waals surface area (Å²) in [5.41, 5.74) is 2.84. The van der Waals surface area contributed by atoms with Gasteiger partial charge in [0.2, 0.25) is 0 Å². The molecule has 3 aliphatic heterocycles. The Balaban J connectivity index is 1.29. The molecule has 0 saturated carbocycles. The minimum absolute atomic E-state index is 0.0707. The molecule has 6 N–H and O–H groups in total. The standard InChI is InChI=1S/C31H24N6O7/c1-15-19(14-32-25-23(15)28(39)36(34-25)20-10-6-17(7-11-20)30(41)42)4-3-5-22-16(2)24-26(33-27(22)38)35-37(29(24)40)21-12-8-18(9-13-21)31(43)44/h3-13,32,34H,1,14H2,2H3,(H,41,42)(H,43,44)(H2,33,35,38). The van der Waals surface area contributed by atoms with Gasteiger partial charge in [-0.1, -0.05) is 18.7 Å². The maximum absolute atomic E-state index is 13.3. The van der Waals surface area contributed by atoms with Gasteiger partial charge < -0.3 is 25.6 Å². The molecule has 2 aromatic carbocycles. The van der Waals surface area contributed by atoms with Crippen LogP contribution in [0.4, 0.5) is 5.82 Å². The Kier molecular flexibility index (Phi) is 6.61. The van der Waals surface area contributed by atoms with Crippen molar-refractivity contribution < 1.29 is 24.9 Å². The van der Waals surface area contributed by atoms with Gasteiger partial charge in [-0.25, -0.2) is 14.3 Å². The van der Waals surface area contributed by atoms with Crippen molar-refractivity contribution in [1.29, 1.82) is 0 Å². The SMILES string of the molecule is C=C1C(=CC=Cc2c(O)[nH]c3nn(-c4ccc(C(=O)O)cc4)c(=O)c-3c2C)CNc2[nH]n(-c3ccc(C(=O)O)cc3)c(=O)c21. The number of aromatic carboxylic acids is 2. The number of aromatic hydroxyl groups is 1. The quantitative estimate of drug-likeness (QED) is 0.171. The van der Waals surface area contributed by atoms with Crippen LogP contribution in [-0.4, -0.2) is 58.3 Å². The highest BCUT2D eigenvalue weighted by atomic mass is 16.4. The van der Waals surface area contributed by atoms with Crippen molar-refractivity contribution in [2.75, 3.05) is 11.9 Å². The average molecular weight is 593 g/mol. The van der Waals surface area contributed by atoms with Gasteiger partial charge >= 0.3 is 11.9 Å². The van der Waals surface area contributed by atoms with Gasteiger partial charge in [0, 0.05) is 12.1 Å². The Morgan fingerprint density at radius 3 is 2.16 bits per heavy atom. The second kappa shape index (κ2) is 10.5. The zero-order valence-electron chi connectivity index (χ0n) is 23.1. The van der Waals surface area contributed by atoms with Crippen molar-refractivity contribution in [2.45, 2.75) is 6.92 Å². The van der Waals surface area contributed by atoms with Crippen LogP contribution in [0.2, 0.25) is 0 Å². The van der Waals surface area contributed by atoms with Crippen molar-refractivity contribution >= 4 is 29.4 Å². The average Bonchev–Trinajstić information content (AvgIpc) is 3.52. The van der Waals surface area contributed by atoms with Crippen LogP contribution in [0.15, 0.2) is 82.4 Å². The van der Waals surface area contributed by atoms with E-state index in [2.05, 4.69) is 27.1 Å². The van der Waals surface area contributed by atoms with Gasteiger partial charge in [0.25, 0.3) is 11.1 Å². The molecule has 0 saturated heterocycles. The number of aromatic amines is 2. The Labute approximate surface area is 247 Å². The molecular formula is C31H24N6O7.